The quantitative estimate of drug-likeness (QED) is 0.00845. The normalized spacial score (nSPS) is 15.0. The number of H-pyrrole nitrogens is 1. The minimum Gasteiger partial charge on any atom is -0.481 e. The van der Waals surface area contributed by atoms with Gasteiger partial charge in [-0.25, -0.2) is 9.78 Å². The topological polar surface area (TPSA) is 754 Å². The second-order valence-corrected chi connectivity index (χ2v) is 31.6. The number of aromatic nitrogens is 2. The van der Waals surface area contributed by atoms with Gasteiger partial charge in [0.25, 0.3) is 0 Å². The zero-order valence-electron chi connectivity index (χ0n) is 72.6. The van der Waals surface area contributed by atoms with Gasteiger partial charge in [-0.2, -0.15) is 12.6 Å². The maximum Gasteiger partial charge on any atom is 0.326 e. The summed E-state index contributed by atoms with van der Waals surface area (Å²) in [7, 11) is 0. The molecule has 0 unspecified atom stereocenters. The first-order chi connectivity index (χ1) is 61.1. The standard InChI is InChI=1S/C83H123N23O22S/c1-7-44(4)67(106-70(115)52(28-29-63(85)109)95-77(122)60(38-65(111)112)102-78(123)61(40-107)104-80(125)66(87)46(6)108)81(126)103-58(36-50-39-90-42-92-50)75(120)100-57(35-49-24-15-10-16-25-49)74(119)99-56(34-48-22-13-9-14-23-48)73(118)98-55(33-47-20-11-8-12-21-47)71(116)93-45(5)68(113)94-51(26-17-18-30-84)69(114)97-54(32-43(2)3)72(117)101-59(37-64(86)110)76(121)105-62(41-129)79(124)96-53(82(127)128)27-19-31-91-83(88)89/h8-16,20-25,39,42-46,51-62,66-67,107-108,129H,7,17-19,26-38,40-41,84,87H2,1-6H3,(H2,85,109)(H2,86,110)(H,90,92)(H,93,116)(H,94,113)(H,95,122)(H,96,124)(H,97,114)(H,98,118)(H,99,119)(H,100,120)(H,101,117)(H,102,123)(H,103,126)(H,104,125)(H,105,121)(H,106,115)(H,111,112)(H,127,128)(H4,88,89,91)/t44-,45-,46+,51-,52-,53-,54-,55-,56-,57-,58-,59-,60-,61-,62-,66-,67-/m0/s1. The highest BCUT2D eigenvalue weighted by Gasteiger charge is 2.40. The summed E-state index contributed by atoms with van der Waals surface area (Å²) in [6, 6.07) is 0.515. The summed E-state index contributed by atoms with van der Waals surface area (Å²) in [6.07, 6.45) is -2.44. The Balaban J connectivity index is 1.67. The Morgan fingerprint density at radius 2 is 0.837 bits per heavy atom. The average Bonchev–Trinajstić information content (AvgIpc) is 1.41. The van der Waals surface area contributed by atoms with E-state index in [2.05, 4.69) is 102 Å². The number of nitrogens with zero attached hydrogens (tertiary/aromatic N) is 2. The van der Waals surface area contributed by atoms with Crippen LogP contribution in [0, 0.1) is 11.8 Å². The van der Waals surface area contributed by atoms with Crippen LogP contribution in [0.1, 0.15) is 135 Å². The Morgan fingerprint density at radius 1 is 0.442 bits per heavy atom. The van der Waals surface area contributed by atoms with Crippen LogP contribution in [0.25, 0.3) is 0 Å². The van der Waals surface area contributed by atoms with E-state index in [0.717, 1.165) is 0 Å². The van der Waals surface area contributed by atoms with Gasteiger partial charge in [0.1, 0.15) is 90.6 Å². The highest BCUT2D eigenvalue weighted by Crippen LogP contribution is 2.17. The number of guanidine groups is 1. The van der Waals surface area contributed by atoms with Crippen LogP contribution in [0.15, 0.2) is 109 Å². The van der Waals surface area contributed by atoms with Gasteiger partial charge < -0.3 is 134 Å². The number of primary amides is 2. The molecule has 0 spiro atoms. The average molecular weight is 1830 g/mol. The van der Waals surface area contributed by atoms with Crippen molar-refractivity contribution in [1.82, 2.24) is 84.4 Å². The van der Waals surface area contributed by atoms with Crippen molar-refractivity contribution in [3.05, 3.63) is 126 Å². The molecule has 0 radical (unpaired) electrons. The smallest absolute Gasteiger partial charge is 0.326 e. The first-order valence-corrected chi connectivity index (χ1v) is 42.5. The maximum atomic E-state index is 15.3. The molecule has 708 valence electrons. The van der Waals surface area contributed by atoms with Gasteiger partial charge in [0.15, 0.2) is 5.96 Å². The number of nitrogens with two attached hydrogens (primary N) is 6. The monoisotopic (exact) mass is 1830 g/mol. The summed E-state index contributed by atoms with van der Waals surface area (Å²) in [5.41, 5.74) is 34.8. The number of carboxylic acids is 2. The highest BCUT2D eigenvalue weighted by atomic mass is 32.1. The van der Waals surface area contributed by atoms with Crippen molar-refractivity contribution in [1.29, 1.82) is 0 Å². The number of aliphatic hydroxyl groups is 2. The predicted molar refractivity (Wildman–Crippen MR) is 470 cm³/mol. The number of aliphatic imine (C=N–C) groups is 1. The molecule has 31 N–H and O–H groups in total. The molecule has 45 nitrogen and oxygen atoms in total. The second-order valence-electron chi connectivity index (χ2n) is 31.3. The van der Waals surface area contributed by atoms with E-state index in [9.17, 15) is 92.3 Å². The number of hydrogen-bond acceptors (Lipinski definition) is 25. The molecular weight excluding hydrogens is 1700 g/mol. The fraction of sp³-hybridized carbons (Fsp3) is 0.518. The molecule has 0 aliphatic rings. The van der Waals surface area contributed by atoms with Gasteiger partial charge in [0.05, 0.1) is 37.6 Å². The van der Waals surface area contributed by atoms with E-state index in [1.807, 2.05) is 0 Å². The third-order valence-electron chi connectivity index (χ3n) is 20.2. The van der Waals surface area contributed by atoms with Crippen LogP contribution in [-0.4, -0.2) is 265 Å². The van der Waals surface area contributed by atoms with Crippen molar-refractivity contribution in [2.24, 2.45) is 51.2 Å². The number of imidazole rings is 1. The Labute approximate surface area is 750 Å². The number of unbranched alkanes of at least 4 members (excludes halogenated alkanes) is 1. The molecule has 17 atom stereocenters. The number of thiol groups is 1. The zero-order chi connectivity index (χ0) is 96.1. The third-order valence-corrected chi connectivity index (χ3v) is 20.6. The lowest BCUT2D eigenvalue weighted by molar-refractivity contribution is -0.142. The van der Waals surface area contributed by atoms with Crippen molar-refractivity contribution in [3.8, 4) is 0 Å². The number of aromatic amines is 1. The van der Waals surface area contributed by atoms with Gasteiger partial charge in [-0.15, -0.1) is 0 Å². The number of carbonyl (C=O) groups is 18. The first kappa shape index (κ1) is 108. The van der Waals surface area contributed by atoms with Gasteiger partial charge in [0.2, 0.25) is 94.5 Å². The molecule has 1 aromatic heterocycles. The molecule has 4 rings (SSSR count). The molecular formula is C83H123N23O22S. The van der Waals surface area contributed by atoms with E-state index in [-0.39, 0.29) is 94.9 Å². The van der Waals surface area contributed by atoms with Crippen molar-refractivity contribution >= 4 is 125 Å². The van der Waals surface area contributed by atoms with Crippen LogP contribution in [0.3, 0.4) is 0 Å². The van der Waals surface area contributed by atoms with Gasteiger partial charge in [-0.3, -0.25) is 86.5 Å². The molecule has 0 bridgehead atoms. The predicted octanol–water partition coefficient (Wildman–Crippen LogP) is -6.91. The van der Waals surface area contributed by atoms with E-state index in [4.69, 9.17) is 34.4 Å². The summed E-state index contributed by atoms with van der Waals surface area (Å²) in [4.78, 5) is 260. The van der Waals surface area contributed by atoms with Crippen molar-refractivity contribution in [3.63, 3.8) is 0 Å². The summed E-state index contributed by atoms with van der Waals surface area (Å²) >= 11 is 4.15. The third kappa shape index (κ3) is 39.3. The van der Waals surface area contributed by atoms with Crippen LogP contribution < -0.4 is 109 Å². The zero-order valence-corrected chi connectivity index (χ0v) is 73.5. The Bertz CT molecular complexity index is 4440. The van der Waals surface area contributed by atoms with Gasteiger partial charge in [0, 0.05) is 50.6 Å². The maximum absolute atomic E-state index is 15.3. The van der Waals surface area contributed by atoms with Crippen LogP contribution in [0.5, 0.6) is 0 Å². The lowest BCUT2D eigenvalue weighted by Crippen LogP contribution is -2.62. The molecule has 0 fully saturated rings. The molecule has 129 heavy (non-hydrogen) atoms. The fourth-order valence-corrected chi connectivity index (χ4v) is 13.1. The number of amides is 16. The number of aliphatic carboxylic acids is 2. The highest BCUT2D eigenvalue weighted by molar-refractivity contribution is 7.80. The lowest BCUT2D eigenvalue weighted by atomic mass is 9.96. The van der Waals surface area contributed by atoms with E-state index < -0.39 is 247 Å². The molecule has 46 heteroatoms. The van der Waals surface area contributed by atoms with E-state index in [0.29, 0.717) is 23.1 Å². The number of carbonyl (C=O) groups excluding carboxylic acids is 16. The summed E-state index contributed by atoms with van der Waals surface area (Å²) in [5.74, 6) is -21.7. The largest absolute Gasteiger partial charge is 0.481 e. The minimum atomic E-state index is -2.04. The van der Waals surface area contributed by atoms with Crippen LogP contribution >= 0.6 is 12.6 Å². The van der Waals surface area contributed by atoms with Crippen LogP contribution in [-0.2, 0) is 112 Å². The Morgan fingerprint density at radius 3 is 1.28 bits per heavy atom. The second kappa shape index (κ2) is 56.1. The number of aliphatic hydroxyl groups excluding tert-OH is 2. The molecule has 16 amide bonds. The number of benzene rings is 3. The van der Waals surface area contributed by atoms with Gasteiger partial charge in [-0.1, -0.05) is 125 Å². The summed E-state index contributed by atoms with van der Waals surface area (Å²) in [5, 5.41) is 74.2. The Kier molecular flexibility index (Phi) is 47.0. The molecule has 0 saturated heterocycles. The van der Waals surface area contributed by atoms with Gasteiger partial charge >= 0.3 is 11.9 Å². The number of rotatable bonds is 59. The van der Waals surface area contributed by atoms with E-state index >= 15 is 14.4 Å². The van der Waals surface area contributed by atoms with Crippen molar-refractivity contribution < 1.29 is 107 Å². The first-order valence-electron chi connectivity index (χ1n) is 41.9. The fourth-order valence-electron chi connectivity index (χ4n) is 12.8. The minimum absolute atomic E-state index is 0.0383. The molecule has 0 aliphatic heterocycles. The van der Waals surface area contributed by atoms with Gasteiger partial charge in [-0.05, 0) is 93.9 Å². The number of nitrogens with one attached hydrogen (secondary N) is 15. The number of hydrogen-bond donors (Lipinski definition) is 26. The molecule has 1 heterocycles. The molecule has 0 saturated carbocycles. The molecule has 0 aliphatic carbocycles. The lowest BCUT2D eigenvalue weighted by Gasteiger charge is -2.30. The van der Waals surface area contributed by atoms with E-state index in [1.54, 1.807) is 119 Å². The van der Waals surface area contributed by atoms with Crippen molar-refractivity contribution in [2.45, 2.75) is 235 Å². The van der Waals surface area contributed by atoms with Crippen molar-refractivity contribution in [2.75, 3.05) is 25.4 Å². The SMILES string of the molecule is CC[C@H](C)[C@H](NC(=O)[C@H](CCC(N)=O)NC(=O)[C@H](CC(=O)O)NC(=O)[C@H](CO)NC(=O)[C@@H](N)[C@@H](C)O)C(=O)N[C@@H](Cc1c[nH]cn1)C(=O)N[C@@H](Cc1ccccc1)C(=O)N[C@@H](Cc1ccccc1)C(=O)N[C@@H](Cc1ccccc1)C(=O)N[C@@H](C)C(=O)N[C@@H](CCCCN)C(=O)N[C@@H](CC(C)C)C(=O)N[C@@H](CC(N)=O)C(=O)N[C@@H](CS)C(=O)N[C@@H](CCCN=C(N)N)C(=O)O. The number of carboxylic acid groups (broad SMARTS) is 2. The Hall–Kier alpha value is -13.2. The summed E-state index contributed by atoms with van der Waals surface area (Å²) in [6.45, 7) is 8.14. The van der Waals surface area contributed by atoms with E-state index in [1.165, 1.54) is 26.4 Å². The van der Waals surface area contributed by atoms with Crippen LogP contribution in [0.4, 0.5) is 0 Å². The molecule has 3 aromatic carbocycles. The van der Waals surface area contributed by atoms with Crippen LogP contribution in [0.2, 0.25) is 0 Å². The summed E-state index contributed by atoms with van der Waals surface area (Å²) < 4.78 is 0. The molecule has 4 aromatic rings.